The summed E-state index contributed by atoms with van der Waals surface area (Å²) in [6.45, 7) is 1.09. The van der Waals surface area contributed by atoms with Crippen molar-refractivity contribution in [2.45, 2.75) is 6.54 Å². The molecule has 31 heavy (non-hydrogen) atoms. The second kappa shape index (κ2) is 9.26. The molecule has 0 radical (unpaired) electrons. The van der Waals surface area contributed by atoms with E-state index in [-0.39, 0.29) is 24.6 Å². The number of nitrogens with one attached hydrogen (secondary N) is 2. The van der Waals surface area contributed by atoms with Crippen molar-refractivity contribution in [1.29, 1.82) is 0 Å². The lowest BCUT2D eigenvalue weighted by atomic mass is 10.1. The first-order chi connectivity index (χ1) is 15.1. The predicted molar refractivity (Wildman–Crippen MR) is 119 cm³/mol. The zero-order valence-electron chi connectivity index (χ0n) is 16.8. The van der Waals surface area contributed by atoms with Gasteiger partial charge in [0.25, 0.3) is 11.8 Å². The summed E-state index contributed by atoms with van der Waals surface area (Å²) in [5, 5.41) is 6.32. The summed E-state index contributed by atoms with van der Waals surface area (Å²) in [7, 11) is 0. The number of halogens is 1. The lowest BCUT2D eigenvalue weighted by Crippen LogP contribution is -2.35. The van der Waals surface area contributed by atoms with Crippen LogP contribution in [0.5, 0.6) is 0 Å². The monoisotopic (exact) mass is 415 g/mol. The van der Waals surface area contributed by atoms with E-state index in [9.17, 15) is 14.0 Å². The number of benzene rings is 3. The fourth-order valence-electron chi connectivity index (χ4n) is 3.53. The molecule has 4 aromatic rings. The maximum atomic E-state index is 13.7. The van der Waals surface area contributed by atoms with Crippen LogP contribution < -0.4 is 10.6 Å². The minimum absolute atomic E-state index is 0.0159. The van der Waals surface area contributed by atoms with Crippen LogP contribution in [0.2, 0.25) is 0 Å². The van der Waals surface area contributed by atoms with Crippen LogP contribution in [0.4, 0.5) is 4.39 Å². The second-order valence-corrected chi connectivity index (χ2v) is 7.17. The second-order valence-electron chi connectivity index (χ2n) is 7.17. The van der Waals surface area contributed by atoms with Gasteiger partial charge < -0.3 is 15.2 Å². The molecule has 156 valence electrons. The number of hydrogen-bond donors (Lipinski definition) is 2. The van der Waals surface area contributed by atoms with Crippen molar-refractivity contribution in [2.75, 3.05) is 13.1 Å². The Bertz CT molecular complexity index is 1220. The van der Waals surface area contributed by atoms with E-state index in [1.165, 1.54) is 18.2 Å². The Morgan fingerprint density at radius 1 is 0.742 bits per heavy atom. The lowest BCUT2D eigenvalue weighted by Gasteiger charge is -2.07. The van der Waals surface area contributed by atoms with Crippen molar-refractivity contribution >= 4 is 22.7 Å². The first-order valence-electron chi connectivity index (χ1n) is 10.1. The van der Waals surface area contributed by atoms with E-state index in [2.05, 4.69) is 15.2 Å². The van der Waals surface area contributed by atoms with Crippen molar-refractivity contribution in [1.82, 2.24) is 15.2 Å². The average Bonchev–Trinajstić information content (AvgIpc) is 3.16. The highest BCUT2D eigenvalue weighted by Crippen LogP contribution is 2.22. The van der Waals surface area contributed by atoms with Gasteiger partial charge in [-0.25, -0.2) is 4.39 Å². The van der Waals surface area contributed by atoms with Gasteiger partial charge >= 0.3 is 0 Å². The topological polar surface area (TPSA) is 63.1 Å². The van der Waals surface area contributed by atoms with Crippen LogP contribution in [0.3, 0.4) is 0 Å². The van der Waals surface area contributed by atoms with Gasteiger partial charge in [0.1, 0.15) is 5.82 Å². The van der Waals surface area contributed by atoms with Crippen LogP contribution in [0.15, 0.2) is 85.1 Å². The molecular formula is C25H22FN3O2. The van der Waals surface area contributed by atoms with Gasteiger partial charge in [-0.05, 0) is 23.8 Å². The molecule has 6 heteroatoms. The number of rotatable bonds is 7. The summed E-state index contributed by atoms with van der Waals surface area (Å²) >= 11 is 0. The third-order valence-electron chi connectivity index (χ3n) is 5.04. The van der Waals surface area contributed by atoms with Gasteiger partial charge in [0.05, 0.1) is 11.1 Å². The van der Waals surface area contributed by atoms with E-state index in [0.29, 0.717) is 12.1 Å². The summed E-state index contributed by atoms with van der Waals surface area (Å²) in [5.41, 5.74) is 2.68. The normalized spacial score (nSPS) is 10.7. The Morgan fingerprint density at radius 3 is 2.10 bits per heavy atom. The zero-order chi connectivity index (χ0) is 21.6. The molecule has 0 fully saturated rings. The van der Waals surface area contributed by atoms with Crippen molar-refractivity contribution in [2.24, 2.45) is 0 Å². The molecule has 2 amide bonds. The largest absolute Gasteiger partial charge is 0.350 e. The number of fused-ring (bicyclic) bond motifs is 1. The molecule has 0 bridgehead atoms. The Kier molecular flexibility index (Phi) is 6.08. The van der Waals surface area contributed by atoms with E-state index in [0.717, 1.165) is 16.5 Å². The highest BCUT2D eigenvalue weighted by molar-refractivity contribution is 6.07. The first kappa shape index (κ1) is 20.3. The van der Waals surface area contributed by atoms with E-state index in [1.54, 1.807) is 6.07 Å². The van der Waals surface area contributed by atoms with Crippen molar-refractivity contribution in [3.8, 4) is 0 Å². The Morgan fingerprint density at radius 2 is 1.35 bits per heavy atom. The molecule has 2 N–H and O–H groups in total. The molecule has 0 aliphatic heterocycles. The van der Waals surface area contributed by atoms with E-state index < -0.39 is 11.7 Å². The maximum Gasteiger partial charge on any atom is 0.254 e. The van der Waals surface area contributed by atoms with Crippen LogP contribution >= 0.6 is 0 Å². The fourth-order valence-corrected chi connectivity index (χ4v) is 3.53. The number of amides is 2. The summed E-state index contributed by atoms with van der Waals surface area (Å²) in [4.78, 5) is 24.9. The van der Waals surface area contributed by atoms with Crippen LogP contribution in [0, 0.1) is 5.82 Å². The summed E-state index contributed by atoms with van der Waals surface area (Å²) in [5.74, 6) is -1.30. The van der Waals surface area contributed by atoms with Crippen LogP contribution in [-0.2, 0) is 6.54 Å². The quantitative estimate of drug-likeness (QED) is 0.449. The minimum atomic E-state index is -0.574. The fraction of sp³-hybridized carbons (Fsp3) is 0.120. The summed E-state index contributed by atoms with van der Waals surface area (Å²) in [6, 6.07) is 23.6. The molecule has 0 unspecified atom stereocenters. The predicted octanol–water partition coefficient (Wildman–Crippen LogP) is 3.99. The third-order valence-corrected chi connectivity index (χ3v) is 5.04. The first-order valence-corrected chi connectivity index (χ1v) is 10.1. The molecule has 4 rings (SSSR count). The van der Waals surface area contributed by atoms with Crippen LogP contribution in [-0.4, -0.2) is 29.5 Å². The van der Waals surface area contributed by atoms with Crippen LogP contribution in [0.25, 0.3) is 10.9 Å². The number of aromatic nitrogens is 1. The number of hydrogen-bond acceptors (Lipinski definition) is 2. The molecule has 3 aromatic carbocycles. The lowest BCUT2D eigenvalue weighted by molar-refractivity contribution is 0.0926. The number of carbonyl (C=O) groups is 2. The van der Waals surface area contributed by atoms with Crippen molar-refractivity contribution in [3.63, 3.8) is 0 Å². The number of nitrogens with zero attached hydrogens (tertiary/aromatic N) is 1. The van der Waals surface area contributed by atoms with Gasteiger partial charge in [0.2, 0.25) is 0 Å². The molecule has 0 aliphatic rings. The molecule has 0 spiro atoms. The third kappa shape index (κ3) is 4.64. The number of carbonyl (C=O) groups excluding carboxylic acids is 2. The van der Waals surface area contributed by atoms with E-state index in [1.807, 2.05) is 60.8 Å². The van der Waals surface area contributed by atoms with Gasteiger partial charge in [-0.2, -0.15) is 0 Å². The van der Waals surface area contributed by atoms with E-state index in [4.69, 9.17) is 0 Å². The molecular weight excluding hydrogens is 393 g/mol. The Balaban J connectivity index is 1.41. The Hall–Kier alpha value is -3.93. The van der Waals surface area contributed by atoms with Gasteiger partial charge in [0.15, 0.2) is 0 Å². The average molecular weight is 415 g/mol. The molecule has 0 aliphatic carbocycles. The van der Waals surface area contributed by atoms with Gasteiger partial charge in [-0.1, -0.05) is 60.7 Å². The van der Waals surface area contributed by atoms with Crippen molar-refractivity contribution in [3.05, 3.63) is 108 Å². The van der Waals surface area contributed by atoms with Gasteiger partial charge in [-0.3, -0.25) is 9.59 Å². The zero-order valence-corrected chi connectivity index (χ0v) is 16.8. The van der Waals surface area contributed by atoms with Crippen molar-refractivity contribution < 1.29 is 14.0 Å². The van der Waals surface area contributed by atoms with Gasteiger partial charge in [0, 0.05) is 36.7 Å². The molecule has 0 saturated heterocycles. The molecule has 1 heterocycles. The SMILES string of the molecule is O=C(NCCNC(=O)c1cn(Cc2ccccc2)c2ccccc12)c1ccccc1F. The molecule has 0 saturated carbocycles. The van der Waals surface area contributed by atoms with E-state index >= 15 is 0 Å². The maximum absolute atomic E-state index is 13.7. The van der Waals surface area contributed by atoms with Crippen LogP contribution in [0.1, 0.15) is 26.3 Å². The van der Waals surface area contributed by atoms with Gasteiger partial charge in [-0.15, -0.1) is 0 Å². The highest BCUT2D eigenvalue weighted by atomic mass is 19.1. The standard InChI is InChI=1S/C25H22FN3O2/c26-22-12-6-4-11-20(22)24(30)27-14-15-28-25(31)21-17-29(16-18-8-2-1-3-9-18)23-13-7-5-10-19(21)23/h1-13,17H,14-16H2,(H,27,30)(H,28,31). The highest BCUT2D eigenvalue weighted by Gasteiger charge is 2.15. The Labute approximate surface area is 179 Å². The number of para-hydroxylation sites is 1. The molecule has 1 aromatic heterocycles. The molecule has 5 nitrogen and oxygen atoms in total. The summed E-state index contributed by atoms with van der Waals surface area (Å²) < 4.78 is 15.7. The smallest absolute Gasteiger partial charge is 0.254 e. The minimum Gasteiger partial charge on any atom is -0.350 e. The molecule has 0 atom stereocenters. The summed E-state index contributed by atoms with van der Waals surface area (Å²) in [6.07, 6.45) is 1.85.